The van der Waals surface area contributed by atoms with Gasteiger partial charge in [-0.15, -0.1) is 0 Å². The maximum Gasteiger partial charge on any atom is 0.415 e. The minimum Gasteiger partial charge on any atom is -0.443 e. The summed E-state index contributed by atoms with van der Waals surface area (Å²) in [5.74, 6) is 0.722. The van der Waals surface area contributed by atoms with E-state index in [1.807, 2.05) is 33.8 Å². The summed E-state index contributed by atoms with van der Waals surface area (Å²) in [6.45, 7) is 7.38. The summed E-state index contributed by atoms with van der Waals surface area (Å²) in [5, 5.41) is 2.90. The van der Waals surface area contributed by atoms with Gasteiger partial charge < -0.3 is 10.1 Å². The van der Waals surface area contributed by atoms with Gasteiger partial charge in [-0.25, -0.2) is 4.79 Å². The smallest absolute Gasteiger partial charge is 0.415 e. The third-order valence-corrected chi connectivity index (χ3v) is 1.56. The first-order chi connectivity index (χ1) is 6.31. The van der Waals surface area contributed by atoms with Crippen LogP contribution < -0.4 is 5.32 Å². The highest BCUT2D eigenvalue weighted by molar-refractivity contribution is 5.69. The lowest BCUT2D eigenvalue weighted by Gasteiger charge is -2.25. The number of ether oxygens (including phenoxy) is 1. The molecule has 0 unspecified atom stereocenters. The van der Waals surface area contributed by atoms with E-state index in [0.29, 0.717) is 0 Å². The Hall–Kier alpha value is -1.19. The van der Waals surface area contributed by atoms with Crippen LogP contribution in [0.15, 0.2) is 11.9 Å². The van der Waals surface area contributed by atoms with Crippen molar-refractivity contribution in [2.75, 3.05) is 14.1 Å². The van der Waals surface area contributed by atoms with Crippen molar-refractivity contribution >= 4 is 6.09 Å². The monoisotopic (exact) mass is 200 g/mol. The first-order valence-electron chi connectivity index (χ1n) is 4.62. The molecule has 0 aliphatic carbocycles. The summed E-state index contributed by atoms with van der Waals surface area (Å²) in [6.07, 6.45) is 1.45. The van der Waals surface area contributed by atoms with Crippen molar-refractivity contribution in [2.24, 2.45) is 0 Å². The lowest BCUT2D eigenvalue weighted by molar-refractivity contribution is 0.0344. The predicted octanol–water partition coefficient (Wildman–Crippen LogP) is 1.93. The molecule has 1 N–H and O–H groups in total. The van der Waals surface area contributed by atoms with Crippen molar-refractivity contribution in [2.45, 2.75) is 33.3 Å². The molecule has 0 rings (SSSR count). The SMILES string of the molecule is C/C=C(\NC)N(C)C(=O)OC(C)(C)C. The normalized spacial score (nSPS) is 12.3. The second-order valence-corrected chi connectivity index (χ2v) is 3.96. The molecule has 4 heteroatoms. The van der Waals surface area contributed by atoms with Crippen LogP contribution in [0, 0.1) is 0 Å². The molecule has 0 radical (unpaired) electrons. The molecule has 0 aromatic rings. The lowest BCUT2D eigenvalue weighted by Crippen LogP contribution is -2.36. The number of rotatable bonds is 2. The van der Waals surface area contributed by atoms with Crippen molar-refractivity contribution in [3.63, 3.8) is 0 Å². The van der Waals surface area contributed by atoms with Gasteiger partial charge in [0.1, 0.15) is 11.4 Å². The summed E-state index contributed by atoms with van der Waals surface area (Å²) in [6, 6.07) is 0. The maximum absolute atomic E-state index is 11.5. The largest absolute Gasteiger partial charge is 0.443 e. The standard InChI is InChI=1S/C10H20N2O2/c1-7-8(11-5)12(6)9(13)14-10(2,3)4/h7,11H,1-6H3/b8-7+. The number of allylic oxidation sites excluding steroid dienone is 1. The van der Waals surface area contributed by atoms with Crippen LogP contribution in [-0.2, 0) is 4.74 Å². The molecule has 0 aromatic carbocycles. The summed E-state index contributed by atoms with van der Waals surface area (Å²) >= 11 is 0. The molecular formula is C10H20N2O2. The number of carbonyl (C=O) groups excluding carboxylic acids is 1. The average Bonchev–Trinajstić information content (AvgIpc) is 2.03. The Kier molecular flexibility index (Phi) is 4.47. The van der Waals surface area contributed by atoms with Crippen LogP contribution in [0.4, 0.5) is 4.79 Å². The molecule has 0 aromatic heterocycles. The Balaban J connectivity index is 4.40. The fourth-order valence-electron chi connectivity index (χ4n) is 0.934. The highest BCUT2D eigenvalue weighted by atomic mass is 16.6. The van der Waals surface area contributed by atoms with Crippen molar-refractivity contribution in [1.29, 1.82) is 0 Å². The van der Waals surface area contributed by atoms with Crippen molar-refractivity contribution in [3.8, 4) is 0 Å². The average molecular weight is 200 g/mol. The van der Waals surface area contributed by atoms with Gasteiger partial charge in [0.05, 0.1) is 0 Å². The fraction of sp³-hybridized carbons (Fsp3) is 0.700. The second-order valence-electron chi connectivity index (χ2n) is 3.96. The number of hydrogen-bond donors (Lipinski definition) is 1. The van der Waals surface area contributed by atoms with E-state index in [1.54, 1.807) is 14.1 Å². The number of amides is 1. The van der Waals surface area contributed by atoms with Crippen LogP contribution >= 0.6 is 0 Å². The predicted molar refractivity (Wildman–Crippen MR) is 56.8 cm³/mol. The first kappa shape index (κ1) is 12.8. The molecule has 0 atom stereocenters. The van der Waals surface area contributed by atoms with Gasteiger partial charge in [-0.05, 0) is 33.8 Å². The minimum absolute atomic E-state index is 0.361. The van der Waals surface area contributed by atoms with Crippen LogP contribution in [0.5, 0.6) is 0 Å². The topological polar surface area (TPSA) is 41.6 Å². The van der Waals surface area contributed by atoms with Crippen LogP contribution in [0.25, 0.3) is 0 Å². The molecule has 82 valence electrons. The molecule has 4 nitrogen and oxygen atoms in total. The van der Waals surface area contributed by atoms with E-state index in [4.69, 9.17) is 4.74 Å². The van der Waals surface area contributed by atoms with E-state index >= 15 is 0 Å². The third kappa shape index (κ3) is 4.16. The summed E-state index contributed by atoms with van der Waals surface area (Å²) in [4.78, 5) is 13.0. The van der Waals surface area contributed by atoms with Crippen LogP contribution in [0.3, 0.4) is 0 Å². The molecule has 0 aliphatic heterocycles. The number of nitrogens with one attached hydrogen (secondary N) is 1. The van der Waals surface area contributed by atoms with E-state index in [9.17, 15) is 4.79 Å². The summed E-state index contributed by atoms with van der Waals surface area (Å²) in [7, 11) is 3.43. The van der Waals surface area contributed by atoms with Crippen LogP contribution in [-0.4, -0.2) is 30.7 Å². The fourth-order valence-corrected chi connectivity index (χ4v) is 0.934. The summed E-state index contributed by atoms with van der Waals surface area (Å²) in [5.41, 5.74) is -0.460. The number of hydrogen-bond acceptors (Lipinski definition) is 3. The highest BCUT2D eigenvalue weighted by Gasteiger charge is 2.20. The zero-order valence-electron chi connectivity index (χ0n) is 9.84. The number of carbonyl (C=O) groups is 1. The van der Waals surface area contributed by atoms with Crippen molar-refractivity contribution in [1.82, 2.24) is 10.2 Å². The van der Waals surface area contributed by atoms with Gasteiger partial charge in [-0.1, -0.05) is 0 Å². The highest BCUT2D eigenvalue weighted by Crippen LogP contribution is 2.10. The van der Waals surface area contributed by atoms with Gasteiger partial charge in [0.25, 0.3) is 0 Å². The quantitative estimate of drug-likeness (QED) is 0.740. The van der Waals surface area contributed by atoms with Gasteiger partial charge in [-0.3, -0.25) is 4.90 Å². The molecular weight excluding hydrogens is 180 g/mol. The van der Waals surface area contributed by atoms with Gasteiger partial charge >= 0.3 is 6.09 Å². The Morgan fingerprint density at radius 3 is 2.21 bits per heavy atom. The Labute approximate surface area is 85.9 Å². The van der Waals surface area contributed by atoms with Crippen LogP contribution in [0.2, 0.25) is 0 Å². The van der Waals surface area contributed by atoms with E-state index in [2.05, 4.69) is 5.32 Å². The first-order valence-corrected chi connectivity index (χ1v) is 4.62. The third-order valence-electron chi connectivity index (χ3n) is 1.56. The Morgan fingerprint density at radius 2 is 1.93 bits per heavy atom. The second kappa shape index (κ2) is 4.88. The number of nitrogens with zero attached hydrogens (tertiary/aromatic N) is 1. The van der Waals surface area contributed by atoms with Crippen molar-refractivity contribution in [3.05, 3.63) is 11.9 Å². The lowest BCUT2D eigenvalue weighted by atomic mass is 10.2. The zero-order valence-corrected chi connectivity index (χ0v) is 9.84. The molecule has 14 heavy (non-hydrogen) atoms. The Bertz CT molecular complexity index is 229. The molecule has 0 heterocycles. The molecule has 0 saturated carbocycles. The molecule has 1 amide bonds. The van der Waals surface area contributed by atoms with Gasteiger partial charge in [0.15, 0.2) is 0 Å². The van der Waals surface area contributed by atoms with Gasteiger partial charge in [-0.2, -0.15) is 0 Å². The molecule has 0 spiro atoms. The summed E-state index contributed by atoms with van der Waals surface area (Å²) < 4.78 is 5.19. The molecule has 0 bridgehead atoms. The Morgan fingerprint density at radius 1 is 1.43 bits per heavy atom. The maximum atomic E-state index is 11.5. The van der Waals surface area contributed by atoms with Crippen molar-refractivity contribution < 1.29 is 9.53 Å². The molecule has 0 saturated heterocycles. The minimum atomic E-state index is -0.460. The molecule has 0 fully saturated rings. The van der Waals surface area contributed by atoms with E-state index in [-0.39, 0.29) is 6.09 Å². The van der Waals surface area contributed by atoms with E-state index in [0.717, 1.165) is 5.82 Å². The zero-order chi connectivity index (χ0) is 11.4. The van der Waals surface area contributed by atoms with Crippen LogP contribution in [0.1, 0.15) is 27.7 Å². The van der Waals surface area contributed by atoms with Gasteiger partial charge in [0.2, 0.25) is 0 Å². The molecule has 0 aliphatic rings. The van der Waals surface area contributed by atoms with E-state index < -0.39 is 5.60 Å². The van der Waals surface area contributed by atoms with E-state index in [1.165, 1.54) is 4.90 Å². The van der Waals surface area contributed by atoms with Gasteiger partial charge in [0, 0.05) is 14.1 Å².